The summed E-state index contributed by atoms with van der Waals surface area (Å²) in [5.74, 6) is -4.39. The number of alkyl halides is 2. The fourth-order valence-electron chi connectivity index (χ4n) is 9.87. The number of carbonyl (C=O) groups is 5. The molecule has 69 heavy (non-hydrogen) atoms. The fourth-order valence-corrected chi connectivity index (χ4v) is 9.87. The van der Waals surface area contributed by atoms with Gasteiger partial charge in [0.05, 0.1) is 42.0 Å². The standard InChI is InChI=1S/C51H49F3N8O7/c1-29-6-15-39(45(63)57-29)62-46(64)35-4-3-5-37(44(35)47(62)65)55-21-16-30-26-61(27-30)43-18-23-60(28-51(43,53)54)40-25-38-36(24-42(40)68-2)41(17-22-56-38)69-34-13-11-33(12-14-34)59-49(67)50(19-20-50)48(66)58-32-9-7-31(52)8-10-32/h3-5,7-14,17,22,24-25,30,39,43,55H,1,6,15-16,18-21,23,26-28H2,2H3,(H,57,63)(H,58,66)(H,59,67). The van der Waals surface area contributed by atoms with Gasteiger partial charge in [-0.15, -0.1) is 0 Å². The first kappa shape index (κ1) is 45.3. The number of imide groups is 1. The monoisotopic (exact) mass is 942 g/mol. The van der Waals surface area contributed by atoms with Gasteiger partial charge in [-0.3, -0.25) is 38.8 Å². The van der Waals surface area contributed by atoms with Crippen molar-refractivity contribution >= 4 is 63.2 Å². The van der Waals surface area contributed by atoms with E-state index in [1.165, 1.54) is 31.4 Å². The van der Waals surface area contributed by atoms with Crippen molar-refractivity contribution in [2.45, 2.75) is 56.5 Å². The second kappa shape index (κ2) is 17.9. The number of rotatable bonds is 14. The normalized spacial score (nSPS) is 20.8. The third-order valence-corrected chi connectivity index (χ3v) is 13.8. The second-order valence-electron chi connectivity index (χ2n) is 18.4. The highest BCUT2D eigenvalue weighted by molar-refractivity contribution is 6.25. The smallest absolute Gasteiger partial charge is 0.280 e. The van der Waals surface area contributed by atoms with Crippen LogP contribution in [0.15, 0.2) is 103 Å². The maximum absolute atomic E-state index is 16.1. The molecule has 356 valence electrons. The van der Waals surface area contributed by atoms with Gasteiger partial charge in [0.25, 0.3) is 17.7 Å². The lowest BCUT2D eigenvalue weighted by Crippen LogP contribution is -2.64. The number of allylic oxidation sites excluding steroid dienone is 1. The minimum atomic E-state index is -3.03. The fraction of sp³-hybridized carbons (Fsp3) is 0.333. The molecule has 2 atom stereocenters. The Hall–Kier alpha value is -7.47. The van der Waals surface area contributed by atoms with Crippen LogP contribution < -0.4 is 35.6 Å². The molecule has 3 saturated heterocycles. The first-order valence-electron chi connectivity index (χ1n) is 22.9. The molecule has 18 heteroatoms. The Morgan fingerprint density at radius 3 is 2.28 bits per heavy atom. The van der Waals surface area contributed by atoms with Crippen molar-refractivity contribution < 1.29 is 46.6 Å². The van der Waals surface area contributed by atoms with Crippen LogP contribution in [0, 0.1) is 17.2 Å². The lowest BCUT2D eigenvalue weighted by atomic mass is 9.89. The lowest BCUT2D eigenvalue weighted by molar-refractivity contribution is -0.131. The van der Waals surface area contributed by atoms with Crippen molar-refractivity contribution in [3.8, 4) is 17.2 Å². The summed E-state index contributed by atoms with van der Waals surface area (Å²) < 4.78 is 57.5. The van der Waals surface area contributed by atoms with Crippen LogP contribution in [0.1, 0.15) is 59.2 Å². The number of methoxy groups -OCH3 is 1. The number of nitrogens with one attached hydrogen (secondary N) is 4. The number of benzene rings is 4. The molecule has 4 aromatic carbocycles. The van der Waals surface area contributed by atoms with E-state index in [1.807, 2.05) is 4.90 Å². The van der Waals surface area contributed by atoms with Crippen LogP contribution in [0.4, 0.5) is 35.9 Å². The summed E-state index contributed by atoms with van der Waals surface area (Å²) in [6.45, 7) is 5.11. The van der Waals surface area contributed by atoms with Crippen molar-refractivity contribution in [1.82, 2.24) is 20.1 Å². The Bertz CT molecular complexity index is 2910. The molecule has 10 rings (SSSR count). The maximum atomic E-state index is 16.1. The molecule has 5 amide bonds. The molecule has 4 aliphatic heterocycles. The molecule has 15 nitrogen and oxygen atoms in total. The van der Waals surface area contributed by atoms with Crippen LogP contribution >= 0.6 is 0 Å². The molecule has 1 aromatic heterocycles. The zero-order valence-electron chi connectivity index (χ0n) is 37.7. The van der Waals surface area contributed by atoms with E-state index in [1.54, 1.807) is 71.8 Å². The van der Waals surface area contributed by atoms with Gasteiger partial charge in [-0.05, 0) is 123 Å². The molecule has 4 N–H and O–H groups in total. The molecule has 1 saturated carbocycles. The Morgan fingerprint density at radius 2 is 1.61 bits per heavy atom. The number of hydrogen-bond acceptors (Lipinski definition) is 11. The Labute approximate surface area is 395 Å². The van der Waals surface area contributed by atoms with E-state index < -0.39 is 65.3 Å². The number of hydrogen-bond donors (Lipinski definition) is 4. The summed E-state index contributed by atoms with van der Waals surface area (Å²) in [7, 11) is 1.49. The summed E-state index contributed by atoms with van der Waals surface area (Å²) in [5.41, 5.74) is 2.17. The molecular formula is C51H49F3N8O7. The number of piperidine rings is 2. The summed E-state index contributed by atoms with van der Waals surface area (Å²) in [6, 6.07) is 20.3. The lowest BCUT2D eigenvalue weighted by Gasteiger charge is -2.50. The average Bonchev–Trinajstić information content (AvgIpc) is 4.10. The van der Waals surface area contributed by atoms with E-state index in [9.17, 15) is 28.4 Å². The molecule has 0 spiro atoms. The van der Waals surface area contributed by atoms with Crippen LogP contribution in [-0.2, 0) is 14.4 Å². The third-order valence-electron chi connectivity index (χ3n) is 13.8. The first-order valence-corrected chi connectivity index (χ1v) is 22.9. The SMILES string of the molecule is C=C1CCC(N2C(=O)c3cccc(NCCC4CN(C5CCN(c6cc7nccc(Oc8ccc(NC(=O)C9(C(=O)Nc%10ccc(F)cc%10)CC9)cc8)c7cc6OC)CC5(F)F)C4)c3C2=O)C(=O)N1. The number of likely N-dealkylation sites (tertiary alicyclic amines) is 1. The van der Waals surface area contributed by atoms with Crippen LogP contribution in [0.3, 0.4) is 0 Å². The van der Waals surface area contributed by atoms with Crippen molar-refractivity contribution in [1.29, 1.82) is 0 Å². The van der Waals surface area contributed by atoms with Gasteiger partial charge in [0.15, 0.2) is 0 Å². The van der Waals surface area contributed by atoms with E-state index in [0.29, 0.717) is 115 Å². The predicted octanol–water partition coefficient (Wildman–Crippen LogP) is 7.57. The van der Waals surface area contributed by atoms with Crippen LogP contribution in [0.2, 0.25) is 0 Å². The van der Waals surface area contributed by atoms with Gasteiger partial charge in [0.2, 0.25) is 17.7 Å². The van der Waals surface area contributed by atoms with Gasteiger partial charge in [0, 0.05) is 60.5 Å². The van der Waals surface area contributed by atoms with Crippen LogP contribution in [-0.4, -0.2) is 102 Å². The maximum Gasteiger partial charge on any atom is 0.280 e. The topological polar surface area (TPSA) is 175 Å². The molecule has 5 aromatic rings. The van der Waals surface area contributed by atoms with E-state index in [-0.39, 0.29) is 23.5 Å². The molecule has 1 aliphatic carbocycles. The van der Waals surface area contributed by atoms with E-state index in [2.05, 4.69) is 32.8 Å². The van der Waals surface area contributed by atoms with Gasteiger partial charge in [-0.2, -0.15) is 0 Å². The molecular weight excluding hydrogens is 894 g/mol. The van der Waals surface area contributed by atoms with Gasteiger partial charge in [-0.25, -0.2) is 13.2 Å². The highest BCUT2D eigenvalue weighted by atomic mass is 19.3. The zero-order valence-corrected chi connectivity index (χ0v) is 37.7. The van der Waals surface area contributed by atoms with Crippen molar-refractivity contribution in [2.24, 2.45) is 11.3 Å². The number of halogens is 3. The third kappa shape index (κ3) is 8.68. The zero-order chi connectivity index (χ0) is 48.2. The Morgan fingerprint density at radius 1 is 0.899 bits per heavy atom. The number of pyridine rings is 1. The number of nitrogens with zero attached hydrogens (tertiary/aromatic N) is 4. The van der Waals surface area contributed by atoms with Crippen LogP contribution in [0.25, 0.3) is 10.9 Å². The number of fused-ring (bicyclic) bond motifs is 2. The first-order chi connectivity index (χ1) is 33.2. The Balaban J connectivity index is 0.727. The average molecular weight is 943 g/mol. The van der Waals surface area contributed by atoms with E-state index in [0.717, 1.165) is 4.90 Å². The summed E-state index contributed by atoms with van der Waals surface area (Å²) in [6.07, 6.45) is 4.01. The predicted molar refractivity (Wildman–Crippen MR) is 251 cm³/mol. The molecule has 4 fully saturated rings. The van der Waals surface area contributed by atoms with Gasteiger partial charge in [-0.1, -0.05) is 12.6 Å². The summed E-state index contributed by atoms with van der Waals surface area (Å²) >= 11 is 0. The number of carbonyl (C=O) groups excluding carboxylic acids is 5. The highest BCUT2D eigenvalue weighted by Gasteiger charge is 2.57. The van der Waals surface area contributed by atoms with Gasteiger partial charge in [0.1, 0.15) is 34.5 Å². The van der Waals surface area contributed by atoms with E-state index in [4.69, 9.17) is 9.47 Å². The molecule has 0 radical (unpaired) electrons. The summed E-state index contributed by atoms with van der Waals surface area (Å²) in [4.78, 5) is 74.7. The number of aromatic nitrogens is 1. The summed E-state index contributed by atoms with van der Waals surface area (Å²) in [5, 5.41) is 12.0. The molecule has 5 aliphatic rings. The van der Waals surface area contributed by atoms with Crippen molar-refractivity contribution in [3.63, 3.8) is 0 Å². The van der Waals surface area contributed by atoms with Crippen molar-refractivity contribution in [2.75, 3.05) is 60.7 Å². The molecule has 2 unspecified atom stereocenters. The second-order valence-corrected chi connectivity index (χ2v) is 18.4. The number of anilines is 4. The number of amides is 5. The molecule has 5 heterocycles. The Kier molecular flexibility index (Phi) is 11.7. The van der Waals surface area contributed by atoms with Crippen molar-refractivity contribution in [3.05, 3.63) is 120 Å². The van der Waals surface area contributed by atoms with Gasteiger partial charge < -0.3 is 35.6 Å². The largest absolute Gasteiger partial charge is 0.495 e. The van der Waals surface area contributed by atoms with Crippen LogP contribution in [0.5, 0.6) is 17.2 Å². The quantitative estimate of drug-likeness (QED) is 0.0639. The van der Waals surface area contributed by atoms with E-state index >= 15 is 8.78 Å². The minimum absolute atomic E-state index is 0.161. The van der Waals surface area contributed by atoms with Gasteiger partial charge >= 0.3 is 0 Å². The molecule has 0 bridgehead atoms. The minimum Gasteiger partial charge on any atom is -0.495 e. The highest BCUT2D eigenvalue weighted by Crippen LogP contribution is 2.48. The number of ether oxygens (including phenoxy) is 2.